The lowest BCUT2D eigenvalue weighted by molar-refractivity contribution is -0.141. The minimum absolute atomic E-state index is 0.0216. The molecule has 0 aromatic heterocycles. The topological polar surface area (TPSA) is 353 Å². The highest BCUT2D eigenvalue weighted by Crippen LogP contribution is 2.13. The first-order valence-electron chi connectivity index (χ1n) is 24.0. The predicted molar refractivity (Wildman–Crippen MR) is 271 cm³/mol. The number of nitrogens with one attached hydrogen (secondary N) is 7. The molecule has 23 heteroatoms. The Morgan fingerprint density at radius 3 is 1.67 bits per heavy atom. The molecule has 22 nitrogen and oxygen atoms in total. The number of rotatable bonds is 33. The summed E-state index contributed by atoms with van der Waals surface area (Å²) in [5, 5.41) is 17.9. The van der Waals surface area contributed by atoms with Crippen LogP contribution >= 0.6 is 12.6 Å². The van der Waals surface area contributed by atoms with Gasteiger partial charge in [0.25, 0.3) is 0 Å². The summed E-state index contributed by atoms with van der Waals surface area (Å²) in [7, 11) is 0. The molecule has 0 bridgehead atoms. The molecule has 2 aromatic rings. The molecule has 11 amide bonds. The minimum atomic E-state index is -1.73. The highest BCUT2D eigenvalue weighted by molar-refractivity contribution is 7.80. The fourth-order valence-electron chi connectivity index (χ4n) is 7.30. The molecular formula is C49H73N11O11S. The van der Waals surface area contributed by atoms with Gasteiger partial charge in [-0.1, -0.05) is 102 Å². The van der Waals surface area contributed by atoms with E-state index in [4.69, 9.17) is 17.2 Å². The summed E-state index contributed by atoms with van der Waals surface area (Å²) in [5.41, 5.74) is 17.7. The second-order valence-corrected chi connectivity index (χ2v) is 18.3. The van der Waals surface area contributed by atoms with Crippen LogP contribution in [0.4, 0.5) is 0 Å². The van der Waals surface area contributed by atoms with Gasteiger partial charge in [0.05, 0.1) is 19.5 Å². The zero-order valence-corrected chi connectivity index (χ0v) is 42.6. The van der Waals surface area contributed by atoms with E-state index in [2.05, 4.69) is 49.8 Å². The molecule has 0 aliphatic heterocycles. The normalized spacial score (nSPS) is 13.8. The third kappa shape index (κ3) is 22.8. The van der Waals surface area contributed by atoms with Crippen LogP contribution in [-0.2, 0) is 65.6 Å². The molecule has 0 aliphatic rings. The number of primary amides is 3. The summed E-state index contributed by atoms with van der Waals surface area (Å²) in [5.74, 6) is -9.22. The number of carbonyl (C=O) groups is 11. The van der Waals surface area contributed by atoms with Crippen molar-refractivity contribution in [2.24, 2.45) is 29.0 Å². The van der Waals surface area contributed by atoms with Gasteiger partial charge in [0, 0.05) is 25.8 Å². The molecule has 396 valence electrons. The van der Waals surface area contributed by atoms with Gasteiger partial charge in [-0.15, -0.1) is 0 Å². The summed E-state index contributed by atoms with van der Waals surface area (Å²) in [6.45, 7) is 7.62. The third-order valence-electron chi connectivity index (χ3n) is 11.4. The maximum atomic E-state index is 14.3. The molecule has 2 aromatic carbocycles. The molecule has 0 unspecified atom stereocenters. The van der Waals surface area contributed by atoms with E-state index in [0.717, 1.165) is 11.1 Å². The van der Waals surface area contributed by atoms with Crippen molar-refractivity contribution in [3.8, 4) is 0 Å². The molecule has 0 aliphatic carbocycles. The molecule has 0 saturated heterocycles. The Balaban J connectivity index is 2.41. The number of nitrogens with two attached hydrogens (primary N) is 3. The number of carbonyl (C=O) groups excluding carboxylic acids is 11. The maximum absolute atomic E-state index is 14.3. The first-order chi connectivity index (χ1) is 34.1. The fourth-order valence-corrected chi connectivity index (χ4v) is 7.51. The van der Waals surface area contributed by atoms with Gasteiger partial charge in [-0.2, -0.15) is 12.6 Å². The van der Waals surface area contributed by atoms with Crippen LogP contribution in [0, 0.1) is 11.8 Å². The maximum Gasteiger partial charge on any atom is 0.245 e. The Morgan fingerprint density at radius 1 is 0.569 bits per heavy atom. The molecule has 0 fully saturated rings. The van der Waals surface area contributed by atoms with Gasteiger partial charge in [-0.25, -0.2) is 0 Å². The molecule has 72 heavy (non-hydrogen) atoms. The SMILES string of the molecule is CC[C@@H](NC(=O)[C@H](CC(N)=O)NC(=O)[C@H](CCC(N)=O)NC(=O)[C@@H](NC(=O)[C@H](Cc1ccccc1)NC(=O)CCS)[C@@H](C)CC)C(=O)N(CCc1ccccc1)CC(=O)N[C@@H](CC(C)C)C(=O)NCC(N)=O. The standard InChI is InChI=1S/C49H73N11O11S/c1-6-30(5)43(59-47(69)36(54-41(64)21-23-72)25-32-16-12-9-13-17-32)48(70)57-34(18-19-38(50)61)45(67)58-37(26-39(51)62)46(68)56-33(7-2)49(71)60(22-20-31-14-10-8-11-15-31)28-42(65)55-35(24-29(3)4)44(66)53-27-40(52)63/h8-17,29-30,33-37,43,72H,6-7,18-28H2,1-5H3,(H2,50,61)(H2,51,62)(H2,52,63)(H,53,66)(H,54,64)(H,55,65)(H,56,68)(H,57,70)(H,58,67)(H,59,69)/t30-,33+,34-,35-,36-,37-,43-/m0/s1. The number of hydrogen-bond donors (Lipinski definition) is 11. The van der Waals surface area contributed by atoms with Crippen LogP contribution in [0.3, 0.4) is 0 Å². The van der Waals surface area contributed by atoms with Crippen molar-refractivity contribution in [2.75, 3.05) is 25.4 Å². The fraction of sp³-hybridized carbons (Fsp3) is 0.531. The van der Waals surface area contributed by atoms with E-state index in [0.29, 0.717) is 6.42 Å². The zero-order chi connectivity index (χ0) is 53.9. The zero-order valence-electron chi connectivity index (χ0n) is 41.7. The Hall–Kier alpha value is -7.04. The molecular weight excluding hydrogens is 951 g/mol. The number of benzene rings is 2. The summed E-state index contributed by atoms with van der Waals surface area (Å²) in [4.78, 5) is 146. The van der Waals surface area contributed by atoms with Crippen molar-refractivity contribution in [3.63, 3.8) is 0 Å². The lowest BCUT2D eigenvalue weighted by atomic mass is 9.96. The Labute approximate surface area is 426 Å². The third-order valence-corrected chi connectivity index (χ3v) is 11.6. The van der Waals surface area contributed by atoms with E-state index in [1.807, 2.05) is 26.0 Å². The molecule has 0 spiro atoms. The average Bonchev–Trinajstić information content (AvgIpc) is 3.33. The van der Waals surface area contributed by atoms with Crippen molar-refractivity contribution in [2.45, 2.75) is 129 Å². The summed E-state index contributed by atoms with van der Waals surface area (Å²) < 4.78 is 0. The molecule has 7 atom stereocenters. The summed E-state index contributed by atoms with van der Waals surface area (Å²) >= 11 is 4.10. The lowest BCUT2D eigenvalue weighted by Gasteiger charge is -2.30. The van der Waals surface area contributed by atoms with E-state index in [9.17, 15) is 52.7 Å². The van der Waals surface area contributed by atoms with E-state index < -0.39 is 133 Å². The monoisotopic (exact) mass is 1020 g/mol. The van der Waals surface area contributed by atoms with Crippen molar-refractivity contribution in [1.29, 1.82) is 0 Å². The number of thiol groups is 1. The Kier molecular flexibility index (Phi) is 27.2. The summed E-state index contributed by atoms with van der Waals surface area (Å²) in [6, 6.07) is 9.79. The van der Waals surface area contributed by atoms with Crippen molar-refractivity contribution in [1.82, 2.24) is 42.1 Å². The van der Waals surface area contributed by atoms with Crippen molar-refractivity contribution >= 4 is 77.6 Å². The molecule has 0 radical (unpaired) electrons. The van der Waals surface area contributed by atoms with E-state index in [1.54, 1.807) is 69.3 Å². The number of hydrogen-bond acceptors (Lipinski definition) is 12. The predicted octanol–water partition coefficient (Wildman–Crippen LogP) is -1.23. The van der Waals surface area contributed by atoms with Crippen LogP contribution in [0.2, 0.25) is 0 Å². The van der Waals surface area contributed by atoms with Gasteiger partial charge in [-0.05, 0) is 54.4 Å². The van der Waals surface area contributed by atoms with E-state index >= 15 is 0 Å². The van der Waals surface area contributed by atoms with Gasteiger partial charge >= 0.3 is 0 Å². The first kappa shape index (κ1) is 61.1. The van der Waals surface area contributed by atoms with Crippen LogP contribution in [0.5, 0.6) is 0 Å². The van der Waals surface area contributed by atoms with Gasteiger partial charge in [0.1, 0.15) is 36.3 Å². The molecule has 0 saturated carbocycles. The molecule has 0 heterocycles. The second-order valence-electron chi connectivity index (χ2n) is 17.9. The quantitative estimate of drug-likeness (QED) is 0.0376. The number of amides is 11. The highest BCUT2D eigenvalue weighted by Gasteiger charge is 2.36. The Morgan fingerprint density at radius 2 is 1.12 bits per heavy atom. The van der Waals surface area contributed by atoms with Crippen LogP contribution in [0.1, 0.15) is 90.7 Å². The lowest BCUT2D eigenvalue weighted by Crippen LogP contribution is -2.61. The van der Waals surface area contributed by atoms with Gasteiger partial charge in [0.15, 0.2) is 0 Å². The number of nitrogens with zero attached hydrogens (tertiary/aromatic N) is 1. The van der Waals surface area contributed by atoms with E-state index in [-0.39, 0.29) is 56.7 Å². The minimum Gasteiger partial charge on any atom is -0.370 e. The average molecular weight is 1020 g/mol. The Bertz CT molecular complexity index is 2170. The van der Waals surface area contributed by atoms with Crippen LogP contribution in [0.15, 0.2) is 60.7 Å². The van der Waals surface area contributed by atoms with Crippen molar-refractivity contribution in [3.05, 3.63) is 71.8 Å². The molecule has 13 N–H and O–H groups in total. The highest BCUT2D eigenvalue weighted by atomic mass is 32.1. The van der Waals surface area contributed by atoms with Gasteiger partial charge < -0.3 is 59.3 Å². The van der Waals surface area contributed by atoms with E-state index in [1.165, 1.54) is 4.90 Å². The second kappa shape index (κ2) is 32.0. The molecule has 2 rings (SSSR count). The largest absolute Gasteiger partial charge is 0.370 e. The van der Waals surface area contributed by atoms with Crippen LogP contribution in [-0.4, -0.2) is 132 Å². The first-order valence-corrected chi connectivity index (χ1v) is 24.6. The smallest absolute Gasteiger partial charge is 0.245 e. The van der Waals surface area contributed by atoms with Gasteiger partial charge in [0.2, 0.25) is 65.0 Å². The van der Waals surface area contributed by atoms with Gasteiger partial charge in [-0.3, -0.25) is 52.7 Å². The van der Waals surface area contributed by atoms with Crippen LogP contribution < -0.4 is 54.4 Å². The summed E-state index contributed by atoms with van der Waals surface area (Å²) in [6.07, 6.45) is -0.682. The van der Waals surface area contributed by atoms with Crippen LogP contribution in [0.25, 0.3) is 0 Å². The van der Waals surface area contributed by atoms with Crippen molar-refractivity contribution < 1.29 is 52.7 Å².